The van der Waals surface area contributed by atoms with Crippen LogP contribution in [-0.4, -0.2) is 11.2 Å². The molecule has 2 aromatic rings. The molecular formula is C15H15BrO2. The van der Waals surface area contributed by atoms with Gasteiger partial charge in [0.2, 0.25) is 0 Å². The average molecular weight is 307 g/mol. The third-order valence-corrected chi connectivity index (χ3v) is 3.17. The standard InChI is InChI=1S/C15H15BrO2/c1-11(17)15(12-5-3-2-4-6-12)18-14-9-7-13(16)8-10-14/h2-11,15,17H,1H3/t11-,15-/m0/s1. The van der Waals surface area contributed by atoms with Gasteiger partial charge >= 0.3 is 0 Å². The van der Waals surface area contributed by atoms with E-state index in [1.807, 2.05) is 54.6 Å². The van der Waals surface area contributed by atoms with E-state index in [0.717, 1.165) is 15.8 Å². The summed E-state index contributed by atoms with van der Waals surface area (Å²) in [6.45, 7) is 1.73. The van der Waals surface area contributed by atoms with Gasteiger partial charge in [0, 0.05) is 4.47 Å². The predicted molar refractivity (Wildman–Crippen MR) is 75.6 cm³/mol. The number of halogens is 1. The Labute approximate surface area is 115 Å². The number of benzene rings is 2. The first-order valence-electron chi connectivity index (χ1n) is 5.82. The van der Waals surface area contributed by atoms with E-state index in [1.165, 1.54) is 0 Å². The normalized spacial score (nSPS) is 13.9. The minimum Gasteiger partial charge on any atom is -0.483 e. The van der Waals surface area contributed by atoms with Crippen molar-refractivity contribution < 1.29 is 9.84 Å². The van der Waals surface area contributed by atoms with Crippen LogP contribution in [0.1, 0.15) is 18.6 Å². The zero-order valence-electron chi connectivity index (χ0n) is 10.1. The largest absolute Gasteiger partial charge is 0.483 e. The third-order valence-electron chi connectivity index (χ3n) is 2.64. The molecule has 1 N–H and O–H groups in total. The summed E-state index contributed by atoms with van der Waals surface area (Å²) in [4.78, 5) is 0. The highest BCUT2D eigenvalue weighted by Crippen LogP contribution is 2.25. The molecule has 0 aliphatic heterocycles. The molecule has 3 heteroatoms. The first-order chi connectivity index (χ1) is 8.66. The van der Waals surface area contributed by atoms with Crippen molar-refractivity contribution in [1.82, 2.24) is 0 Å². The van der Waals surface area contributed by atoms with Crippen LogP contribution in [0.5, 0.6) is 5.75 Å². The van der Waals surface area contributed by atoms with Crippen LogP contribution in [0.15, 0.2) is 59.1 Å². The van der Waals surface area contributed by atoms with E-state index in [1.54, 1.807) is 6.92 Å². The molecular weight excluding hydrogens is 292 g/mol. The van der Waals surface area contributed by atoms with Crippen LogP contribution < -0.4 is 4.74 Å². The molecule has 94 valence electrons. The zero-order chi connectivity index (χ0) is 13.0. The predicted octanol–water partition coefficient (Wildman–Crippen LogP) is 3.95. The van der Waals surface area contributed by atoms with Crippen molar-refractivity contribution in [3.63, 3.8) is 0 Å². The summed E-state index contributed by atoms with van der Waals surface area (Å²) in [6.07, 6.45) is -0.927. The summed E-state index contributed by atoms with van der Waals surface area (Å²) in [7, 11) is 0. The summed E-state index contributed by atoms with van der Waals surface area (Å²) < 4.78 is 6.85. The lowest BCUT2D eigenvalue weighted by atomic mass is 10.1. The molecule has 0 bridgehead atoms. The van der Waals surface area contributed by atoms with Crippen molar-refractivity contribution in [2.45, 2.75) is 19.1 Å². The van der Waals surface area contributed by atoms with Gasteiger partial charge in [-0.2, -0.15) is 0 Å². The number of ether oxygens (including phenoxy) is 1. The lowest BCUT2D eigenvalue weighted by Crippen LogP contribution is -2.20. The van der Waals surface area contributed by atoms with Gasteiger partial charge in [-0.3, -0.25) is 0 Å². The van der Waals surface area contributed by atoms with Crippen molar-refractivity contribution in [3.05, 3.63) is 64.6 Å². The Hall–Kier alpha value is -1.32. The molecule has 2 rings (SSSR count). The van der Waals surface area contributed by atoms with Crippen molar-refractivity contribution in [3.8, 4) is 5.75 Å². The van der Waals surface area contributed by atoms with Crippen LogP contribution in [0.4, 0.5) is 0 Å². The summed E-state index contributed by atoms with van der Waals surface area (Å²) in [5.41, 5.74) is 0.968. The van der Waals surface area contributed by atoms with E-state index in [2.05, 4.69) is 15.9 Å². The molecule has 2 atom stereocenters. The van der Waals surface area contributed by atoms with Gasteiger partial charge in [0.15, 0.2) is 0 Å². The van der Waals surface area contributed by atoms with Crippen molar-refractivity contribution in [1.29, 1.82) is 0 Å². The number of hydrogen-bond acceptors (Lipinski definition) is 2. The van der Waals surface area contributed by atoms with Crippen LogP contribution in [0.3, 0.4) is 0 Å². The van der Waals surface area contributed by atoms with Crippen LogP contribution in [0.25, 0.3) is 0 Å². The van der Waals surface area contributed by atoms with E-state index in [-0.39, 0.29) is 6.10 Å². The third kappa shape index (κ3) is 3.34. The first kappa shape index (κ1) is 13.1. The molecule has 0 aromatic heterocycles. The van der Waals surface area contributed by atoms with Gasteiger partial charge in [-0.1, -0.05) is 46.3 Å². The molecule has 2 aromatic carbocycles. The Balaban J connectivity index is 2.19. The summed E-state index contributed by atoms with van der Waals surface area (Å²) in [6, 6.07) is 17.3. The number of hydrogen-bond donors (Lipinski definition) is 1. The maximum absolute atomic E-state index is 9.85. The van der Waals surface area contributed by atoms with E-state index in [4.69, 9.17) is 4.74 Å². The lowest BCUT2D eigenvalue weighted by molar-refractivity contribution is 0.0480. The molecule has 0 saturated heterocycles. The van der Waals surface area contributed by atoms with Gasteiger partial charge < -0.3 is 9.84 Å². The molecule has 0 aliphatic rings. The minimum absolute atomic E-state index is 0.354. The van der Waals surface area contributed by atoms with Crippen molar-refractivity contribution in [2.75, 3.05) is 0 Å². The van der Waals surface area contributed by atoms with E-state index < -0.39 is 6.10 Å². The van der Waals surface area contributed by atoms with Gasteiger partial charge in [0.05, 0.1) is 6.10 Å². The van der Waals surface area contributed by atoms with Gasteiger partial charge in [-0.25, -0.2) is 0 Å². The molecule has 0 fully saturated rings. The molecule has 0 amide bonds. The van der Waals surface area contributed by atoms with Gasteiger partial charge in [0.1, 0.15) is 11.9 Å². The smallest absolute Gasteiger partial charge is 0.149 e. The summed E-state index contributed by atoms with van der Waals surface area (Å²) >= 11 is 3.38. The van der Waals surface area contributed by atoms with E-state index in [9.17, 15) is 5.11 Å². The molecule has 0 spiro atoms. The Morgan fingerprint density at radius 1 is 1.00 bits per heavy atom. The number of aliphatic hydroxyl groups is 1. The van der Waals surface area contributed by atoms with Crippen LogP contribution in [-0.2, 0) is 0 Å². The summed E-state index contributed by atoms with van der Waals surface area (Å²) in [5.74, 6) is 0.743. The highest BCUT2D eigenvalue weighted by atomic mass is 79.9. The summed E-state index contributed by atoms with van der Waals surface area (Å²) in [5, 5.41) is 9.85. The SMILES string of the molecule is C[C@H](O)[C@H](Oc1ccc(Br)cc1)c1ccccc1. The lowest BCUT2D eigenvalue weighted by Gasteiger charge is -2.22. The monoisotopic (exact) mass is 306 g/mol. The Morgan fingerprint density at radius 3 is 2.17 bits per heavy atom. The minimum atomic E-state index is -0.573. The quantitative estimate of drug-likeness (QED) is 0.927. The molecule has 0 radical (unpaired) electrons. The Morgan fingerprint density at radius 2 is 1.61 bits per heavy atom. The molecule has 0 saturated carbocycles. The molecule has 0 heterocycles. The van der Waals surface area contributed by atoms with Crippen molar-refractivity contribution >= 4 is 15.9 Å². The average Bonchev–Trinajstić information content (AvgIpc) is 2.38. The highest BCUT2D eigenvalue weighted by Gasteiger charge is 2.18. The zero-order valence-corrected chi connectivity index (χ0v) is 11.7. The Bertz CT molecular complexity index is 480. The first-order valence-corrected chi connectivity index (χ1v) is 6.61. The molecule has 0 aliphatic carbocycles. The fraction of sp³-hybridized carbons (Fsp3) is 0.200. The van der Waals surface area contributed by atoms with Gasteiger partial charge in [-0.05, 0) is 36.8 Å². The van der Waals surface area contributed by atoms with Gasteiger partial charge in [-0.15, -0.1) is 0 Å². The van der Waals surface area contributed by atoms with E-state index in [0.29, 0.717) is 0 Å². The number of rotatable bonds is 4. The van der Waals surface area contributed by atoms with Crippen LogP contribution >= 0.6 is 15.9 Å². The fourth-order valence-corrected chi connectivity index (χ4v) is 2.01. The second kappa shape index (κ2) is 6.03. The van der Waals surface area contributed by atoms with E-state index >= 15 is 0 Å². The number of aliphatic hydroxyl groups excluding tert-OH is 1. The van der Waals surface area contributed by atoms with Gasteiger partial charge in [0.25, 0.3) is 0 Å². The highest BCUT2D eigenvalue weighted by molar-refractivity contribution is 9.10. The second-order valence-electron chi connectivity index (χ2n) is 4.14. The maximum atomic E-state index is 9.85. The maximum Gasteiger partial charge on any atom is 0.149 e. The second-order valence-corrected chi connectivity index (χ2v) is 5.06. The van der Waals surface area contributed by atoms with Crippen molar-refractivity contribution in [2.24, 2.45) is 0 Å². The van der Waals surface area contributed by atoms with Crippen LogP contribution in [0, 0.1) is 0 Å². The molecule has 0 unspecified atom stereocenters. The molecule has 2 nitrogen and oxygen atoms in total. The van der Waals surface area contributed by atoms with Crippen LogP contribution in [0.2, 0.25) is 0 Å². The molecule has 18 heavy (non-hydrogen) atoms. The topological polar surface area (TPSA) is 29.5 Å². The fourth-order valence-electron chi connectivity index (χ4n) is 1.75. The Kier molecular flexibility index (Phi) is 4.39.